The Morgan fingerprint density at radius 1 is 1.25 bits per heavy atom. The van der Waals surface area contributed by atoms with Gasteiger partial charge in [-0.15, -0.1) is 0 Å². The van der Waals surface area contributed by atoms with Gasteiger partial charge in [0.1, 0.15) is 5.75 Å². The molecule has 1 aromatic carbocycles. The largest absolute Gasteiger partial charge is 0.497 e. The molecular weight excluding hydrogens is 374 g/mol. The zero-order chi connectivity index (χ0) is 20.7. The van der Waals surface area contributed by atoms with E-state index >= 15 is 0 Å². The summed E-state index contributed by atoms with van der Waals surface area (Å²) < 4.78 is 29.3. The summed E-state index contributed by atoms with van der Waals surface area (Å²) in [6.45, 7) is 8.77. The van der Waals surface area contributed by atoms with Gasteiger partial charge < -0.3 is 9.64 Å². The zero-order valence-corrected chi connectivity index (χ0v) is 18.3. The number of methoxy groups -OCH3 is 1. The number of ether oxygens (including phenoxy) is 1. The summed E-state index contributed by atoms with van der Waals surface area (Å²) in [6, 6.07) is 7.37. The van der Waals surface area contributed by atoms with Crippen LogP contribution >= 0.6 is 0 Å². The van der Waals surface area contributed by atoms with E-state index in [1.807, 2.05) is 29.2 Å². The molecular formula is C22H31NO4S. The molecule has 1 heterocycles. The molecule has 154 valence electrons. The summed E-state index contributed by atoms with van der Waals surface area (Å²) in [5.41, 5.74) is 2.10. The molecule has 0 aromatic heterocycles. The average molecular weight is 406 g/mol. The van der Waals surface area contributed by atoms with E-state index in [9.17, 15) is 13.2 Å². The second-order valence-corrected chi connectivity index (χ2v) is 11.2. The number of nitrogens with zero attached hydrogens (tertiary/aromatic N) is 1. The smallest absolute Gasteiger partial charge is 0.227 e. The number of carbonyl (C=O) groups excluding carboxylic acids is 1. The summed E-state index contributed by atoms with van der Waals surface area (Å²) in [7, 11) is -1.45. The summed E-state index contributed by atoms with van der Waals surface area (Å²) in [5, 5.41) is 0. The van der Waals surface area contributed by atoms with Gasteiger partial charge in [-0.2, -0.15) is 0 Å². The lowest BCUT2D eigenvalue weighted by atomic mass is 10.1. The Morgan fingerprint density at radius 2 is 1.89 bits per heavy atom. The van der Waals surface area contributed by atoms with Crippen LogP contribution in [0.4, 0.5) is 0 Å². The second-order valence-electron chi connectivity index (χ2n) is 8.94. The number of hydrogen-bond acceptors (Lipinski definition) is 4. The molecule has 2 fully saturated rings. The molecule has 0 bridgehead atoms. The van der Waals surface area contributed by atoms with Crippen LogP contribution < -0.4 is 4.74 Å². The molecule has 0 radical (unpaired) electrons. The Hall–Kier alpha value is -1.82. The number of benzene rings is 1. The van der Waals surface area contributed by atoms with Gasteiger partial charge >= 0.3 is 0 Å². The molecule has 1 saturated heterocycles. The van der Waals surface area contributed by atoms with Crippen LogP contribution in [0.25, 0.3) is 0 Å². The SMILES string of the molecule is COc1ccc(CN(C(=O)[C@@H]2[C@@H](C=C(C)C)C2(C)C)[C@@H]2CCS(=O)(=O)C2)cc1. The monoisotopic (exact) mass is 405 g/mol. The number of amides is 1. The van der Waals surface area contributed by atoms with E-state index in [2.05, 4.69) is 33.8 Å². The van der Waals surface area contributed by atoms with Crippen molar-refractivity contribution in [2.24, 2.45) is 17.3 Å². The van der Waals surface area contributed by atoms with Gasteiger partial charge in [-0.3, -0.25) is 4.79 Å². The lowest BCUT2D eigenvalue weighted by Crippen LogP contribution is -2.42. The molecule has 1 aromatic rings. The summed E-state index contributed by atoms with van der Waals surface area (Å²) in [4.78, 5) is 15.3. The maximum Gasteiger partial charge on any atom is 0.227 e. The first kappa shape index (κ1) is 20.9. The van der Waals surface area contributed by atoms with Gasteiger partial charge in [0.25, 0.3) is 0 Å². The van der Waals surface area contributed by atoms with Crippen LogP contribution in [0.2, 0.25) is 0 Å². The lowest BCUT2D eigenvalue weighted by Gasteiger charge is -2.29. The summed E-state index contributed by atoms with van der Waals surface area (Å²) in [6.07, 6.45) is 2.70. The molecule has 1 saturated carbocycles. The fraction of sp³-hybridized carbons (Fsp3) is 0.591. The molecule has 5 nitrogen and oxygen atoms in total. The van der Waals surface area contributed by atoms with E-state index < -0.39 is 9.84 Å². The predicted molar refractivity (Wildman–Crippen MR) is 111 cm³/mol. The van der Waals surface area contributed by atoms with Crippen LogP contribution in [0.1, 0.15) is 39.7 Å². The van der Waals surface area contributed by atoms with Crippen molar-refractivity contribution >= 4 is 15.7 Å². The fourth-order valence-corrected chi connectivity index (χ4v) is 6.06. The number of sulfone groups is 1. The minimum Gasteiger partial charge on any atom is -0.497 e. The van der Waals surface area contributed by atoms with Crippen LogP contribution in [0.15, 0.2) is 35.9 Å². The van der Waals surface area contributed by atoms with E-state index in [1.54, 1.807) is 7.11 Å². The minimum atomic E-state index is -3.07. The van der Waals surface area contributed by atoms with Crippen LogP contribution in [0.3, 0.4) is 0 Å². The maximum absolute atomic E-state index is 13.5. The van der Waals surface area contributed by atoms with Crippen LogP contribution in [-0.2, 0) is 21.2 Å². The highest BCUT2D eigenvalue weighted by atomic mass is 32.2. The molecule has 6 heteroatoms. The van der Waals surface area contributed by atoms with E-state index in [0.29, 0.717) is 13.0 Å². The van der Waals surface area contributed by atoms with E-state index in [4.69, 9.17) is 4.74 Å². The Balaban J connectivity index is 1.86. The second kappa shape index (κ2) is 7.54. The quantitative estimate of drug-likeness (QED) is 0.680. The Bertz CT molecular complexity index is 866. The third kappa shape index (κ3) is 4.27. The van der Waals surface area contributed by atoms with Gasteiger partial charge in [0, 0.05) is 12.6 Å². The summed E-state index contributed by atoms with van der Waals surface area (Å²) >= 11 is 0. The highest BCUT2D eigenvalue weighted by molar-refractivity contribution is 7.91. The number of hydrogen-bond donors (Lipinski definition) is 0. The summed E-state index contributed by atoms with van der Waals surface area (Å²) in [5.74, 6) is 1.18. The molecule has 0 spiro atoms. The van der Waals surface area contributed by atoms with E-state index in [1.165, 1.54) is 5.57 Å². The van der Waals surface area contributed by atoms with Gasteiger partial charge in [-0.1, -0.05) is 37.6 Å². The van der Waals surface area contributed by atoms with Crippen molar-refractivity contribution < 1.29 is 17.9 Å². The van der Waals surface area contributed by atoms with Crippen LogP contribution in [0, 0.1) is 17.3 Å². The Labute approximate surface area is 168 Å². The molecule has 2 aliphatic rings. The van der Waals surface area contributed by atoms with Crippen molar-refractivity contribution in [2.75, 3.05) is 18.6 Å². The van der Waals surface area contributed by atoms with Gasteiger partial charge in [-0.05, 0) is 49.3 Å². The third-order valence-electron chi connectivity index (χ3n) is 6.13. The lowest BCUT2D eigenvalue weighted by molar-refractivity contribution is -0.136. The van der Waals surface area contributed by atoms with Crippen molar-refractivity contribution in [3.63, 3.8) is 0 Å². The molecule has 1 aliphatic heterocycles. The average Bonchev–Trinajstić information content (AvgIpc) is 2.95. The first-order chi connectivity index (χ1) is 13.0. The van der Waals surface area contributed by atoms with Crippen molar-refractivity contribution in [2.45, 2.75) is 46.7 Å². The number of carbonyl (C=O) groups is 1. The van der Waals surface area contributed by atoms with Crippen molar-refractivity contribution in [1.29, 1.82) is 0 Å². The minimum absolute atomic E-state index is 0.0648. The standard InChI is InChI=1S/C22H31NO4S/c1-15(2)12-19-20(22(19,3)4)21(24)23(17-10-11-28(25,26)14-17)13-16-6-8-18(27-5)9-7-16/h6-9,12,17,19-20H,10-11,13-14H2,1-5H3/t17-,19-,20+/m1/s1. The topological polar surface area (TPSA) is 63.7 Å². The van der Waals surface area contributed by atoms with Gasteiger partial charge in [0.15, 0.2) is 9.84 Å². The third-order valence-corrected chi connectivity index (χ3v) is 7.88. The number of rotatable bonds is 6. The molecule has 3 rings (SSSR count). The van der Waals surface area contributed by atoms with Gasteiger partial charge in [0.05, 0.1) is 24.5 Å². The van der Waals surface area contributed by atoms with Crippen LogP contribution in [0.5, 0.6) is 5.75 Å². The predicted octanol–water partition coefficient (Wildman–Crippen LogP) is 3.45. The maximum atomic E-state index is 13.5. The zero-order valence-electron chi connectivity index (χ0n) is 17.4. The van der Waals surface area contributed by atoms with Crippen molar-refractivity contribution in [1.82, 2.24) is 4.90 Å². The Morgan fingerprint density at radius 3 is 2.39 bits per heavy atom. The normalized spacial score (nSPS) is 27.1. The molecule has 28 heavy (non-hydrogen) atoms. The fourth-order valence-electron chi connectivity index (χ4n) is 4.33. The highest BCUT2D eigenvalue weighted by Gasteiger charge is 2.61. The first-order valence-corrected chi connectivity index (χ1v) is 11.7. The van der Waals surface area contributed by atoms with Gasteiger partial charge in [-0.25, -0.2) is 8.42 Å². The molecule has 3 atom stereocenters. The van der Waals surface area contributed by atoms with Crippen molar-refractivity contribution in [3.8, 4) is 5.75 Å². The van der Waals surface area contributed by atoms with Crippen LogP contribution in [-0.4, -0.2) is 43.9 Å². The molecule has 1 amide bonds. The molecule has 0 N–H and O–H groups in total. The molecule has 1 aliphatic carbocycles. The highest BCUT2D eigenvalue weighted by Crippen LogP contribution is 2.60. The van der Waals surface area contributed by atoms with E-state index in [0.717, 1.165) is 11.3 Å². The number of allylic oxidation sites excluding steroid dienone is 2. The molecule has 0 unspecified atom stereocenters. The van der Waals surface area contributed by atoms with Gasteiger partial charge in [0.2, 0.25) is 5.91 Å². The van der Waals surface area contributed by atoms with E-state index in [-0.39, 0.29) is 40.7 Å². The Kier molecular flexibility index (Phi) is 5.63. The first-order valence-electron chi connectivity index (χ1n) is 9.84. The van der Waals surface area contributed by atoms with Crippen molar-refractivity contribution in [3.05, 3.63) is 41.5 Å².